The Morgan fingerprint density at radius 2 is 1.94 bits per heavy atom. The van der Waals surface area contributed by atoms with Crippen LogP contribution in [0.5, 0.6) is 0 Å². The van der Waals surface area contributed by atoms with Crippen LogP contribution in [0.2, 0.25) is 0 Å². The Balaban J connectivity index is 1.53. The van der Waals surface area contributed by atoms with Gasteiger partial charge < -0.3 is 0 Å². The lowest BCUT2D eigenvalue weighted by molar-refractivity contribution is 0.220. The Kier molecular flexibility index (Phi) is 3.51. The molecular formula is C17H23N. The van der Waals surface area contributed by atoms with Gasteiger partial charge in [-0.1, -0.05) is 48.9 Å². The molecule has 1 aliphatic carbocycles. The fourth-order valence-corrected chi connectivity index (χ4v) is 3.29. The van der Waals surface area contributed by atoms with Crippen LogP contribution in [0.15, 0.2) is 42.0 Å². The van der Waals surface area contributed by atoms with Crippen LogP contribution in [0.4, 0.5) is 0 Å². The van der Waals surface area contributed by atoms with Crippen molar-refractivity contribution in [3.63, 3.8) is 0 Å². The van der Waals surface area contributed by atoms with Gasteiger partial charge in [-0.2, -0.15) is 0 Å². The molecule has 0 spiro atoms. The monoisotopic (exact) mass is 241 g/mol. The third-order valence-corrected chi connectivity index (χ3v) is 4.48. The highest BCUT2D eigenvalue weighted by molar-refractivity contribution is 5.17. The lowest BCUT2D eigenvalue weighted by atomic mass is 9.71. The molecule has 1 aromatic rings. The van der Waals surface area contributed by atoms with Gasteiger partial charge in [0.25, 0.3) is 0 Å². The van der Waals surface area contributed by atoms with Gasteiger partial charge in [0.05, 0.1) is 0 Å². The van der Waals surface area contributed by atoms with E-state index in [4.69, 9.17) is 0 Å². The van der Waals surface area contributed by atoms with Gasteiger partial charge >= 0.3 is 0 Å². The molecule has 0 N–H and O–H groups in total. The van der Waals surface area contributed by atoms with Crippen molar-refractivity contribution in [2.45, 2.75) is 32.7 Å². The molecule has 1 nitrogen and oxygen atoms in total. The number of hydrogen-bond acceptors (Lipinski definition) is 1. The smallest absolute Gasteiger partial charge is 0.0237 e. The highest BCUT2D eigenvalue weighted by Crippen LogP contribution is 2.40. The molecule has 18 heavy (non-hydrogen) atoms. The quantitative estimate of drug-likeness (QED) is 0.726. The van der Waals surface area contributed by atoms with Crippen molar-refractivity contribution < 1.29 is 0 Å². The molecule has 1 heteroatoms. The van der Waals surface area contributed by atoms with Crippen LogP contribution in [-0.4, -0.2) is 18.0 Å². The van der Waals surface area contributed by atoms with E-state index < -0.39 is 0 Å². The standard InChI is InChI=1S/C17H23N/c1-14-11-17(12-14)16-7-9-18(10-8-16)13-15-5-3-2-4-6-15/h2-7,14,17H,8-13H2,1H3. The van der Waals surface area contributed by atoms with Crippen molar-refractivity contribution in [3.8, 4) is 0 Å². The molecule has 0 aromatic heterocycles. The summed E-state index contributed by atoms with van der Waals surface area (Å²) in [6.07, 6.45) is 6.67. The Hall–Kier alpha value is -1.08. The molecular weight excluding hydrogens is 218 g/mol. The molecule has 0 atom stereocenters. The summed E-state index contributed by atoms with van der Waals surface area (Å²) in [6.45, 7) is 5.87. The molecule has 0 saturated heterocycles. The SMILES string of the molecule is CC1CC(C2=CCN(Cc3ccccc3)CC2)C1. The van der Waals surface area contributed by atoms with Gasteiger partial charge in [-0.3, -0.25) is 4.90 Å². The summed E-state index contributed by atoms with van der Waals surface area (Å²) in [5.41, 5.74) is 3.18. The van der Waals surface area contributed by atoms with E-state index in [1.807, 2.05) is 0 Å². The third kappa shape index (κ3) is 2.67. The summed E-state index contributed by atoms with van der Waals surface area (Å²) in [5.74, 6) is 1.90. The third-order valence-electron chi connectivity index (χ3n) is 4.48. The minimum absolute atomic E-state index is 0.930. The molecule has 0 bridgehead atoms. The molecule has 1 aromatic carbocycles. The van der Waals surface area contributed by atoms with Crippen LogP contribution in [0.1, 0.15) is 31.7 Å². The zero-order valence-corrected chi connectivity index (χ0v) is 11.3. The Labute approximate surface area is 111 Å². The van der Waals surface area contributed by atoms with Crippen molar-refractivity contribution in [2.75, 3.05) is 13.1 Å². The maximum absolute atomic E-state index is 2.56. The van der Waals surface area contributed by atoms with Crippen LogP contribution < -0.4 is 0 Å². The zero-order valence-electron chi connectivity index (χ0n) is 11.3. The van der Waals surface area contributed by atoms with E-state index in [1.54, 1.807) is 5.57 Å². The van der Waals surface area contributed by atoms with Gasteiger partial charge in [0.15, 0.2) is 0 Å². The molecule has 1 aliphatic heterocycles. The van der Waals surface area contributed by atoms with Gasteiger partial charge in [-0.05, 0) is 36.7 Å². The lowest BCUT2D eigenvalue weighted by Gasteiger charge is -2.38. The fourth-order valence-electron chi connectivity index (χ4n) is 3.29. The van der Waals surface area contributed by atoms with Gasteiger partial charge in [-0.25, -0.2) is 0 Å². The second-order valence-electron chi connectivity index (χ2n) is 6.02. The van der Waals surface area contributed by atoms with Crippen LogP contribution in [0.25, 0.3) is 0 Å². The molecule has 1 saturated carbocycles. The molecule has 1 heterocycles. The highest BCUT2D eigenvalue weighted by atomic mass is 15.1. The van der Waals surface area contributed by atoms with E-state index in [-0.39, 0.29) is 0 Å². The van der Waals surface area contributed by atoms with Gasteiger partial charge in [0.1, 0.15) is 0 Å². The summed E-state index contributed by atoms with van der Waals surface area (Å²) < 4.78 is 0. The molecule has 0 unspecified atom stereocenters. The summed E-state index contributed by atoms with van der Waals surface area (Å²) >= 11 is 0. The van der Waals surface area contributed by atoms with E-state index in [1.165, 1.54) is 31.4 Å². The van der Waals surface area contributed by atoms with E-state index in [0.29, 0.717) is 0 Å². The maximum Gasteiger partial charge on any atom is 0.0237 e. The second-order valence-corrected chi connectivity index (χ2v) is 6.02. The van der Waals surface area contributed by atoms with Crippen molar-refractivity contribution >= 4 is 0 Å². The predicted molar refractivity (Wildman–Crippen MR) is 76.3 cm³/mol. The summed E-state index contributed by atoms with van der Waals surface area (Å²) in [7, 11) is 0. The Morgan fingerprint density at radius 1 is 1.17 bits per heavy atom. The molecule has 0 amide bonds. The number of rotatable bonds is 3. The highest BCUT2D eigenvalue weighted by Gasteiger charge is 2.29. The summed E-state index contributed by atoms with van der Waals surface area (Å²) in [5, 5.41) is 0. The van der Waals surface area contributed by atoms with E-state index in [0.717, 1.165) is 24.9 Å². The van der Waals surface area contributed by atoms with Gasteiger partial charge in [0, 0.05) is 19.6 Å². The Bertz CT molecular complexity index is 414. The average molecular weight is 241 g/mol. The summed E-state index contributed by atoms with van der Waals surface area (Å²) in [6, 6.07) is 10.8. The first-order valence-electron chi connectivity index (χ1n) is 7.26. The molecule has 2 aliphatic rings. The van der Waals surface area contributed by atoms with Crippen LogP contribution in [0.3, 0.4) is 0 Å². The molecule has 1 fully saturated rings. The second kappa shape index (κ2) is 5.27. The fraction of sp³-hybridized carbons (Fsp3) is 0.529. The lowest BCUT2D eigenvalue weighted by Crippen LogP contribution is -2.32. The van der Waals surface area contributed by atoms with E-state index in [2.05, 4.69) is 48.2 Å². The van der Waals surface area contributed by atoms with Crippen LogP contribution >= 0.6 is 0 Å². The Morgan fingerprint density at radius 3 is 2.56 bits per heavy atom. The van der Waals surface area contributed by atoms with Gasteiger partial charge in [-0.15, -0.1) is 0 Å². The first kappa shape index (κ1) is 12.0. The van der Waals surface area contributed by atoms with Crippen LogP contribution in [0, 0.1) is 11.8 Å². The first-order valence-corrected chi connectivity index (χ1v) is 7.26. The topological polar surface area (TPSA) is 3.24 Å². The first-order chi connectivity index (χ1) is 8.81. The number of benzene rings is 1. The van der Waals surface area contributed by atoms with Gasteiger partial charge in [0.2, 0.25) is 0 Å². The predicted octanol–water partition coefficient (Wildman–Crippen LogP) is 3.86. The maximum atomic E-state index is 2.56. The number of nitrogens with zero attached hydrogens (tertiary/aromatic N) is 1. The molecule has 0 radical (unpaired) electrons. The van der Waals surface area contributed by atoms with Crippen molar-refractivity contribution in [3.05, 3.63) is 47.5 Å². The normalized spacial score (nSPS) is 28.6. The van der Waals surface area contributed by atoms with E-state index in [9.17, 15) is 0 Å². The van der Waals surface area contributed by atoms with Crippen LogP contribution in [-0.2, 0) is 6.54 Å². The molecule has 96 valence electrons. The minimum Gasteiger partial charge on any atom is -0.295 e. The largest absolute Gasteiger partial charge is 0.295 e. The number of hydrogen-bond donors (Lipinski definition) is 0. The summed E-state index contributed by atoms with van der Waals surface area (Å²) in [4.78, 5) is 2.56. The van der Waals surface area contributed by atoms with Crippen molar-refractivity contribution in [1.82, 2.24) is 4.90 Å². The average Bonchev–Trinajstić information content (AvgIpc) is 2.38. The van der Waals surface area contributed by atoms with E-state index >= 15 is 0 Å². The zero-order chi connectivity index (χ0) is 12.4. The van der Waals surface area contributed by atoms with Crippen molar-refractivity contribution in [2.24, 2.45) is 11.8 Å². The minimum atomic E-state index is 0.930. The molecule has 3 rings (SSSR count). The van der Waals surface area contributed by atoms with Crippen molar-refractivity contribution in [1.29, 1.82) is 0 Å².